The number of benzene rings is 4. The van der Waals surface area contributed by atoms with E-state index in [1.165, 1.54) is 21.9 Å². The molecule has 2 heterocycles. The molecule has 0 aliphatic heterocycles. The van der Waals surface area contributed by atoms with E-state index in [-0.39, 0.29) is 0 Å². The minimum absolute atomic E-state index is 0.906. The van der Waals surface area contributed by atoms with Gasteiger partial charge in [-0.15, -0.1) is 0 Å². The summed E-state index contributed by atoms with van der Waals surface area (Å²) >= 11 is 0. The molecule has 0 amide bonds. The van der Waals surface area contributed by atoms with Gasteiger partial charge in [-0.3, -0.25) is 0 Å². The quantitative estimate of drug-likeness (QED) is 0.292. The van der Waals surface area contributed by atoms with Gasteiger partial charge in [0.05, 0.1) is 0 Å². The topological polar surface area (TPSA) is 26.3 Å². The summed E-state index contributed by atoms with van der Waals surface area (Å²) in [5.74, 6) is 0. The van der Waals surface area contributed by atoms with Crippen LogP contribution in [0.4, 0.5) is 0 Å². The van der Waals surface area contributed by atoms with E-state index in [0.717, 1.165) is 43.9 Å². The molecule has 0 bridgehead atoms. The first-order valence-electron chi connectivity index (χ1n) is 8.85. The Hall–Kier alpha value is -3.26. The molecule has 2 aromatic heterocycles. The normalized spacial score (nSPS) is 12.2. The number of hydrogen-bond donors (Lipinski definition) is 0. The summed E-state index contributed by atoms with van der Waals surface area (Å²) in [6, 6.07) is 21.4. The van der Waals surface area contributed by atoms with Crippen LogP contribution in [0, 0.1) is 13.8 Å². The van der Waals surface area contributed by atoms with E-state index in [9.17, 15) is 0 Å². The maximum atomic E-state index is 6.21. The van der Waals surface area contributed by atoms with E-state index in [1.807, 2.05) is 6.07 Å². The summed E-state index contributed by atoms with van der Waals surface area (Å²) in [6.45, 7) is 4.22. The van der Waals surface area contributed by atoms with Crippen LogP contribution in [0.15, 0.2) is 69.5 Å². The fourth-order valence-electron chi connectivity index (χ4n) is 4.02. The molecule has 0 unspecified atom stereocenters. The van der Waals surface area contributed by atoms with Crippen molar-refractivity contribution in [2.45, 2.75) is 13.8 Å². The second-order valence-electron chi connectivity index (χ2n) is 7.25. The Morgan fingerprint density at radius 2 is 1.04 bits per heavy atom. The average molecular weight is 336 g/mol. The van der Waals surface area contributed by atoms with Crippen LogP contribution in [-0.2, 0) is 0 Å². The molecular weight excluding hydrogens is 320 g/mol. The molecule has 6 aromatic rings. The van der Waals surface area contributed by atoms with Crippen LogP contribution < -0.4 is 0 Å². The molecular formula is C24H16O2. The Bertz CT molecular complexity index is 1490. The maximum absolute atomic E-state index is 6.21. The summed E-state index contributed by atoms with van der Waals surface area (Å²) in [4.78, 5) is 0. The SMILES string of the molecule is Cc1ccc2cc3oc4cc5c(cc4c3cc2c1)oc1ccc(C)cc15. The van der Waals surface area contributed by atoms with Crippen molar-refractivity contribution < 1.29 is 8.83 Å². The third kappa shape index (κ3) is 1.81. The van der Waals surface area contributed by atoms with Crippen molar-refractivity contribution >= 4 is 54.6 Å². The lowest BCUT2D eigenvalue weighted by Crippen LogP contribution is -1.76. The van der Waals surface area contributed by atoms with Gasteiger partial charge in [-0.05, 0) is 61.0 Å². The number of fused-ring (bicyclic) bond motifs is 7. The Kier molecular flexibility index (Phi) is 2.51. The van der Waals surface area contributed by atoms with Crippen LogP contribution >= 0.6 is 0 Å². The molecule has 124 valence electrons. The van der Waals surface area contributed by atoms with Gasteiger partial charge in [0, 0.05) is 21.5 Å². The summed E-state index contributed by atoms with van der Waals surface area (Å²) < 4.78 is 12.3. The van der Waals surface area contributed by atoms with Gasteiger partial charge in [-0.2, -0.15) is 0 Å². The van der Waals surface area contributed by atoms with Crippen LogP contribution in [0.1, 0.15) is 11.1 Å². The largest absolute Gasteiger partial charge is 0.456 e. The number of aryl methyl sites for hydroxylation is 2. The fourth-order valence-corrected chi connectivity index (χ4v) is 4.02. The second-order valence-corrected chi connectivity index (χ2v) is 7.25. The lowest BCUT2D eigenvalue weighted by Gasteiger charge is -1.99. The molecule has 0 spiro atoms. The first kappa shape index (κ1) is 14.0. The highest BCUT2D eigenvalue weighted by Gasteiger charge is 2.14. The van der Waals surface area contributed by atoms with Crippen molar-refractivity contribution in [1.82, 2.24) is 0 Å². The monoisotopic (exact) mass is 336 g/mol. The molecule has 0 aliphatic carbocycles. The molecule has 6 rings (SSSR count). The van der Waals surface area contributed by atoms with Gasteiger partial charge in [-0.1, -0.05) is 35.4 Å². The van der Waals surface area contributed by atoms with Gasteiger partial charge in [0.25, 0.3) is 0 Å². The molecule has 0 saturated carbocycles. The zero-order valence-corrected chi connectivity index (χ0v) is 14.6. The zero-order chi connectivity index (χ0) is 17.4. The van der Waals surface area contributed by atoms with Crippen molar-refractivity contribution in [3.63, 3.8) is 0 Å². The van der Waals surface area contributed by atoms with Gasteiger partial charge in [0.1, 0.15) is 22.3 Å². The lowest BCUT2D eigenvalue weighted by molar-refractivity contribution is 0.664. The van der Waals surface area contributed by atoms with Crippen molar-refractivity contribution in [2.75, 3.05) is 0 Å². The summed E-state index contributed by atoms with van der Waals surface area (Å²) in [5.41, 5.74) is 6.15. The van der Waals surface area contributed by atoms with E-state index in [0.29, 0.717) is 0 Å². The van der Waals surface area contributed by atoms with Crippen LogP contribution in [0.3, 0.4) is 0 Å². The molecule has 0 N–H and O–H groups in total. The smallest absolute Gasteiger partial charge is 0.136 e. The van der Waals surface area contributed by atoms with Gasteiger partial charge in [0.15, 0.2) is 0 Å². The Labute approximate surface area is 149 Å². The summed E-state index contributed by atoms with van der Waals surface area (Å²) in [6.07, 6.45) is 0. The minimum Gasteiger partial charge on any atom is -0.456 e. The first-order chi connectivity index (χ1) is 12.7. The van der Waals surface area contributed by atoms with Crippen molar-refractivity contribution in [1.29, 1.82) is 0 Å². The molecule has 0 fully saturated rings. The van der Waals surface area contributed by atoms with Gasteiger partial charge < -0.3 is 8.83 Å². The molecule has 0 atom stereocenters. The highest BCUT2D eigenvalue weighted by atomic mass is 16.3. The van der Waals surface area contributed by atoms with E-state index in [1.54, 1.807) is 0 Å². The molecule has 0 saturated heterocycles. The van der Waals surface area contributed by atoms with Crippen LogP contribution in [0.2, 0.25) is 0 Å². The Balaban J connectivity index is 1.77. The lowest BCUT2D eigenvalue weighted by atomic mass is 10.0. The van der Waals surface area contributed by atoms with Gasteiger partial charge in [0.2, 0.25) is 0 Å². The third-order valence-electron chi connectivity index (χ3n) is 5.33. The Morgan fingerprint density at radius 3 is 1.85 bits per heavy atom. The number of rotatable bonds is 0. The third-order valence-corrected chi connectivity index (χ3v) is 5.33. The van der Waals surface area contributed by atoms with Crippen LogP contribution in [0.5, 0.6) is 0 Å². The summed E-state index contributed by atoms with van der Waals surface area (Å²) in [7, 11) is 0. The minimum atomic E-state index is 0.906. The highest BCUT2D eigenvalue weighted by Crippen LogP contribution is 2.38. The highest BCUT2D eigenvalue weighted by molar-refractivity contribution is 6.16. The van der Waals surface area contributed by atoms with Gasteiger partial charge in [-0.25, -0.2) is 0 Å². The van der Waals surface area contributed by atoms with Gasteiger partial charge >= 0.3 is 0 Å². The number of furan rings is 2. The number of hydrogen-bond acceptors (Lipinski definition) is 2. The molecule has 2 heteroatoms. The maximum Gasteiger partial charge on any atom is 0.136 e. The Morgan fingerprint density at radius 1 is 0.462 bits per heavy atom. The van der Waals surface area contributed by atoms with E-state index < -0.39 is 0 Å². The summed E-state index contributed by atoms with van der Waals surface area (Å²) in [5, 5.41) is 6.93. The van der Waals surface area contributed by atoms with Crippen LogP contribution in [0.25, 0.3) is 54.6 Å². The standard InChI is InChI=1S/C24H16O2/c1-13-3-5-15-10-22-18(9-16(15)7-13)20-12-23-19(11-24(20)26-22)17-8-14(2)4-6-21(17)25-23/h3-12H,1-2H3. The molecule has 0 radical (unpaired) electrons. The molecule has 0 aliphatic rings. The van der Waals surface area contributed by atoms with Crippen molar-refractivity contribution in [3.8, 4) is 0 Å². The van der Waals surface area contributed by atoms with Crippen LogP contribution in [-0.4, -0.2) is 0 Å². The first-order valence-corrected chi connectivity index (χ1v) is 8.85. The predicted molar refractivity (Wildman–Crippen MR) is 108 cm³/mol. The zero-order valence-electron chi connectivity index (χ0n) is 14.6. The molecule has 2 nitrogen and oxygen atoms in total. The molecule has 4 aromatic carbocycles. The van der Waals surface area contributed by atoms with E-state index in [4.69, 9.17) is 8.83 Å². The fraction of sp³-hybridized carbons (Fsp3) is 0.0833. The van der Waals surface area contributed by atoms with Crippen molar-refractivity contribution in [2.24, 2.45) is 0 Å². The molecule has 26 heavy (non-hydrogen) atoms. The van der Waals surface area contributed by atoms with Crippen molar-refractivity contribution in [3.05, 3.63) is 71.8 Å². The average Bonchev–Trinajstić information content (AvgIpc) is 3.15. The van der Waals surface area contributed by atoms with E-state index >= 15 is 0 Å². The van der Waals surface area contributed by atoms with E-state index in [2.05, 4.69) is 68.4 Å². The second kappa shape index (κ2) is 4.67. The predicted octanol–water partition coefficient (Wildman–Crippen LogP) is 7.26.